The molecule has 1 saturated heterocycles. The predicted octanol–water partition coefficient (Wildman–Crippen LogP) is 3.78. The SMILES string of the molecule is CC(C)(C)OC(=O)NC[C@@H]1CCCN1c1nc2ccccc2nc1Cl. The molecule has 1 amide bonds. The van der Waals surface area contributed by atoms with Crippen LogP contribution in [0.25, 0.3) is 11.0 Å². The number of fused-ring (bicyclic) bond motifs is 1. The summed E-state index contributed by atoms with van der Waals surface area (Å²) in [7, 11) is 0. The topological polar surface area (TPSA) is 67.3 Å². The van der Waals surface area contributed by atoms with Crippen LogP contribution in [0.15, 0.2) is 24.3 Å². The molecule has 25 heavy (non-hydrogen) atoms. The van der Waals surface area contributed by atoms with Gasteiger partial charge in [0.05, 0.1) is 11.0 Å². The van der Waals surface area contributed by atoms with Crippen LogP contribution in [0, 0.1) is 0 Å². The molecule has 1 fully saturated rings. The maximum atomic E-state index is 11.9. The van der Waals surface area contributed by atoms with Crippen molar-refractivity contribution >= 4 is 34.5 Å². The van der Waals surface area contributed by atoms with Crippen LogP contribution in [-0.4, -0.2) is 40.8 Å². The number of nitrogens with zero attached hydrogens (tertiary/aromatic N) is 3. The number of carbonyl (C=O) groups excluding carboxylic acids is 1. The number of ether oxygens (including phenoxy) is 1. The summed E-state index contributed by atoms with van der Waals surface area (Å²) in [5.74, 6) is 0.675. The number of hydrogen-bond donors (Lipinski definition) is 1. The molecule has 7 heteroatoms. The van der Waals surface area contributed by atoms with Gasteiger partial charge >= 0.3 is 6.09 Å². The molecule has 3 rings (SSSR count). The number of nitrogens with one attached hydrogen (secondary N) is 1. The molecule has 0 radical (unpaired) electrons. The van der Waals surface area contributed by atoms with Crippen LogP contribution in [0.5, 0.6) is 0 Å². The summed E-state index contributed by atoms with van der Waals surface area (Å²) in [6, 6.07) is 7.78. The second-order valence-corrected chi connectivity index (χ2v) is 7.56. The molecule has 1 aliphatic heterocycles. The number of carbonyl (C=O) groups is 1. The fourth-order valence-electron chi connectivity index (χ4n) is 2.99. The fourth-order valence-corrected chi connectivity index (χ4v) is 3.24. The number of aromatic nitrogens is 2. The summed E-state index contributed by atoms with van der Waals surface area (Å²) in [6.45, 7) is 6.86. The quantitative estimate of drug-likeness (QED) is 0.900. The molecule has 1 N–H and O–H groups in total. The van der Waals surface area contributed by atoms with Gasteiger partial charge in [0.2, 0.25) is 0 Å². The van der Waals surface area contributed by atoms with E-state index in [1.54, 1.807) is 0 Å². The zero-order valence-corrected chi connectivity index (χ0v) is 15.5. The van der Waals surface area contributed by atoms with Crippen molar-refractivity contribution in [1.82, 2.24) is 15.3 Å². The highest BCUT2D eigenvalue weighted by atomic mass is 35.5. The summed E-state index contributed by atoms with van der Waals surface area (Å²) in [6.07, 6.45) is 1.57. The molecule has 2 heterocycles. The van der Waals surface area contributed by atoms with Crippen molar-refractivity contribution in [3.63, 3.8) is 0 Å². The maximum absolute atomic E-state index is 11.9. The van der Waals surface area contributed by atoms with Crippen molar-refractivity contribution in [2.45, 2.75) is 45.3 Å². The number of hydrogen-bond acceptors (Lipinski definition) is 5. The number of alkyl carbamates (subject to hydrolysis) is 1. The maximum Gasteiger partial charge on any atom is 0.407 e. The monoisotopic (exact) mass is 362 g/mol. The molecule has 0 spiro atoms. The first kappa shape index (κ1) is 17.7. The molecule has 0 aliphatic carbocycles. The predicted molar refractivity (Wildman–Crippen MR) is 99.2 cm³/mol. The Morgan fingerprint density at radius 1 is 1.32 bits per heavy atom. The Morgan fingerprint density at radius 2 is 2.00 bits per heavy atom. The van der Waals surface area contributed by atoms with Crippen molar-refractivity contribution < 1.29 is 9.53 Å². The van der Waals surface area contributed by atoms with E-state index in [2.05, 4.69) is 20.2 Å². The lowest BCUT2D eigenvalue weighted by atomic mass is 10.2. The molecule has 2 aromatic rings. The molecule has 6 nitrogen and oxygen atoms in total. The zero-order valence-electron chi connectivity index (χ0n) is 14.8. The van der Waals surface area contributed by atoms with Crippen molar-refractivity contribution in [2.24, 2.45) is 0 Å². The highest BCUT2D eigenvalue weighted by Gasteiger charge is 2.29. The minimum Gasteiger partial charge on any atom is -0.444 e. The van der Waals surface area contributed by atoms with Gasteiger partial charge in [0, 0.05) is 19.1 Å². The molecule has 1 atom stereocenters. The molecule has 1 aromatic heterocycles. The van der Waals surface area contributed by atoms with Gasteiger partial charge in [-0.15, -0.1) is 0 Å². The number of para-hydroxylation sites is 2. The first-order valence-corrected chi connectivity index (χ1v) is 8.87. The highest BCUT2D eigenvalue weighted by Crippen LogP contribution is 2.30. The second kappa shape index (κ2) is 7.04. The van der Waals surface area contributed by atoms with Crippen LogP contribution in [0.3, 0.4) is 0 Å². The Labute approximate surface area is 152 Å². The van der Waals surface area contributed by atoms with Crippen molar-refractivity contribution in [3.8, 4) is 0 Å². The van der Waals surface area contributed by atoms with E-state index >= 15 is 0 Å². The summed E-state index contributed by atoms with van der Waals surface area (Å²) in [5.41, 5.74) is 1.08. The van der Waals surface area contributed by atoms with Crippen molar-refractivity contribution in [3.05, 3.63) is 29.4 Å². The first-order valence-electron chi connectivity index (χ1n) is 8.49. The van der Waals surface area contributed by atoms with Gasteiger partial charge in [-0.3, -0.25) is 0 Å². The van der Waals surface area contributed by atoms with E-state index in [0.29, 0.717) is 17.5 Å². The standard InChI is InChI=1S/C18H23ClN4O2/c1-18(2,3)25-17(24)20-11-12-7-6-10-23(12)16-15(19)21-13-8-4-5-9-14(13)22-16/h4-5,8-9,12H,6-7,10-11H2,1-3H3,(H,20,24)/t12-/m0/s1. The molecule has 0 bridgehead atoms. The lowest BCUT2D eigenvalue weighted by Crippen LogP contribution is -2.42. The smallest absolute Gasteiger partial charge is 0.407 e. The normalized spacial score (nSPS) is 17.8. The van der Waals surface area contributed by atoms with E-state index in [9.17, 15) is 4.79 Å². The van der Waals surface area contributed by atoms with Gasteiger partial charge < -0.3 is 15.0 Å². The number of amides is 1. The third kappa shape index (κ3) is 4.31. The zero-order chi connectivity index (χ0) is 18.0. The molecule has 134 valence electrons. The molecule has 1 aromatic carbocycles. The van der Waals surface area contributed by atoms with Crippen LogP contribution in [-0.2, 0) is 4.74 Å². The van der Waals surface area contributed by atoms with Crippen molar-refractivity contribution in [1.29, 1.82) is 0 Å². The van der Waals surface area contributed by atoms with Gasteiger partial charge in [0.1, 0.15) is 5.60 Å². The van der Waals surface area contributed by atoms with Gasteiger partial charge in [0.25, 0.3) is 0 Å². The Kier molecular flexibility index (Phi) is 4.99. The minimum absolute atomic E-state index is 0.125. The highest BCUT2D eigenvalue weighted by molar-refractivity contribution is 6.32. The number of anilines is 1. The van der Waals surface area contributed by atoms with Crippen LogP contribution < -0.4 is 10.2 Å². The van der Waals surface area contributed by atoms with E-state index in [-0.39, 0.29) is 6.04 Å². The average molecular weight is 363 g/mol. The van der Waals surface area contributed by atoms with E-state index in [4.69, 9.17) is 16.3 Å². The van der Waals surface area contributed by atoms with Crippen LogP contribution in [0.1, 0.15) is 33.6 Å². The van der Waals surface area contributed by atoms with Gasteiger partial charge in [-0.2, -0.15) is 0 Å². The minimum atomic E-state index is -0.507. The third-order valence-corrected chi connectivity index (χ3v) is 4.29. The van der Waals surface area contributed by atoms with E-state index in [0.717, 1.165) is 30.4 Å². The summed E-state index contributed by atoms with van der Waals surface area (Å²) >= 11 is 6.37. The number of benzene rings is 1. The van der Waals surface area contributed by atoms with Crippen LogP contribution in [0.2, 0.25) is 5.15 Å². The lowest BCUT2D eigenvalue weighted by molar-refractivity contribution is 0.0525. The molecular weight excluding hydrogens is 340 g/mol. The van der Waals surface area contributed by atoms with E-state index in [1.807, 2.05) is 45.0 Å². The van der Waals surface area contributed by atoms with Gasteiger partial charge in [0.15, 0.2) is 11.0 Å². The molecule has 1 aliphatic rings. The average Bonchev–Trinajstić information content (AvgIpc) is 2.99. The number of halogens is 1. The molecule has 0 unspecified atom stereocenters. The van der Waals surface area contributed by atoms with E-state index < -0.39 is 11.7 Å². The second-order valence-electron chi connectivity index (χ2n) is 7.20. The van der Waals surface area contributed by atoms with Gasteiger partial charge in [-0.1, -0.05) is 23.7 Å². The first-order chi connectivity index (χ1) is 11.8. The van der Waals surface area contributed by atoms with E-state index in [1.165, 1.54) is 0 Å². The van der Waals surface area contributed by atoms with Crippen LogP contribution in [0.4, 0.5) is 10.6 Å². The third-order valence-electron chi connectivity index (χ3n) is 4.04. The fraction of sp³-hybridized carbons (Fsp3) is 0.500. The van der Waals surface area contributed by atoms with Gasteiger partial charge in [-0.05, 0) is 45.7 Å². The largest absolute Gasteiger partial charge is 0.444 e. The Morgan fingerprint density at radius 3 is 2.68 bits per heavy atom. The number of rotatable bonds is 3. The Bertz CT molecular complexity index is 775. The Hall–Kier alpha value is -2.08. The van der Waals surface area contributed by atoms with Crippen molar-refractivity contribution in [2.75, 3.05) is 18.0 Å². The molecule has 0 saturated carbocycles. The Balaban J connectivity index is 1.73. The van der Waals surface area contributed by atoms with Crippen LogP contribution >= 0.6 is 11.6 Å². The summed E-state index contributed by atoms with van der Waals surface area (Å²) < 4.78 is 5.30. The van der Waals surface area contributed by atoms with Gasteiger partial charge in [-0.25, -0.2) is 14.8 Å². The molecular formula is C18H23ClN4O2. The summed E-state index contributed by atoms with van der Waals surface area (Å²) in [5, 5.41) is 3.23. The summed E-state index contributed by atoms with van der Waals surface area (Å²) in [4.78, 5) is 23.1. The lowest BCUT2D eigenvalue weighted by Gasteiger charge is -2.27.